The van der Waals surface area contributed by atoms with E-state index in [1.165, 1.54) is 5.56 Å². The van der Waals surface area contributed by atoms with E-state index in [0.717, 1.165) is 62.4 Å². The number of hydrogen-bond donors (Lipinski definition) is 2. The van der Waals surface area contributed by atoms with Gasteiger partial charge in [0.1, 0.15) is 17.8 Å². The number of amides is 4. The van der Waals surface area contributed by atoms with Crippen LogP contribution in [-0.4, -0.2) is 66.5 Å². The maximum absolute atomic E-state index is 12.8. The maximum Gasteiger partial charge on any atom is 0.325 e. The van der Waals surface area contributed by atoms with Gasteiger partial charge < -0.3 is 15.4 Å². The second-order valence-electron chi connectivity index (χ2n) is 9.34. The minimum absolute atomic E-state index is 0.192. The molecule has 32 heavy (non-hydrogen) atoms. The molecule has 8 nitrogen and oxygen atoms in total. The molecule has 1 aliphatic carbocycles. The largest absolute Gasteiger partial charge is 0.497 e. The van der Waals surface area contributed by atoms with Gasteiger partial charge in [-0.15, -0.1) is 0 Å². The molecule has 174 valence electrons. The molecule has 0 bridgehead atoms. The van der Waals surface area contributed by atoms with Crippen LogP contribution < -0.4 is 15.4 Å². The van der Waals surface area contributed by atoms with Gasteiger partial charge in [-0.1, -0.05) is 31.4 Å². The van der Waals surface area contributed by atoms with Crippen molar-refractivity contribution in [3.05, 3.63) is 29.8 Å². The Labute approximate surface area is 189 Å². The number of urea groups is 1. The van der Waals surface area contributed by atoms with Gasteiger partial charge in [-0.3, -0.25) is 19.4 Å². The van der Waals surface area contributed by atoms with Crippen molar-refractivity contribution in [2.45, 2.75) is 57.0 Å². The molecule has 1 aromatic rings. The zero-order valence-corrected chi connectivity index (χ0v) is 18.9. The van der Waals surface area contributed by atoms with Crippen molar-refractivity contribution in [3.63, 3.8) is 0 Å². The smallest absolute Gasteiger partial charge is 0.325 e. The second kappa shape index (κ2) is 9.90. The Kier molecular flexibility index (Phi) is 6.98. The molecule has 0 radical (unpaired) electrons. The molecule has 8 heteroatoms. The standard InChI is InChI=1S/C24H34N4O4/c1-32-20-7-5-19(6-8-20)16-27-13-9-18(10-14-27)15-25-21(29)17-28-22(30)24(26-23(28)31)11-3-2-4-12-24/h5-8,18H,2-4,9-17H2,1H3,(H,25,29)(H,26,31). The summed E-state index contributed by atoms with van der Waals surface area (Å²) >= 11 is 0. The fraction of sp³-hybridized carbons (Fsp3) is 0.625. The van der Waals surface area contributed by atoms with Gasteiger partial charge in [0.15, 0.2) is 0 Å². The van der Waals surface area contributed by atoms with Crippen LogP contribution in [0.1, 0.15) is 50.5 Å². The van der Waals surface area contributed by atoms with Gasteiger partial charge in [0, 0.05) is 13.1 Å². The molecular weight excluding hydrogens is 408 g/mol. The third-order valence-electron chi connectivity index (χ3n) is 7.12. The lowest BCUT2D eigenvalue weighted by Crippen LogP contribution is -2.49. The van der Waals surface area contributed by atoms with E-state index in [0.29, 0.717) is 25.3 Å². The molecule has 0 atom stereocenters. The monoisotopic (exact) mass is 442 g/mol. The number of nitrogens with zero attached hydrogens (tertiary/aromatic N) is 2. The molecule has 1 spiro atoms. The van der Waals surface area contributed by atoms with Crippen molar-refractivity contribution >= 4 is 17.8 Å². The molecule has 1 aromatic carbocycles. The summed E-state index contributed by atoms with van der Waals surface area (Å²) in [5.74, 6) is 0.787. The fourth-order valence-electron chi connectivity index (χ4n) is 5.11. The first-order valence-electron chi connectivity index (χ1n) is 11.8. The summed E-state index contributed by atoms with van der Waals surface area (Å²) in [7, 11) is 1.67. The predicted octanol–water partition coefficient (Wildman–Crippen LogP) is 2.28. The van der Waals surface area contributed by atoms with E-state index >= 15 is 0 Å². The summed E-state index contributed by atoms with van der Waals surface area (Å²) in [6, 6.07) is 7.73. The van der Waals surface area contributed by atoms with Crippen LogP contribution in [0.4, 0.5) is 4.79 Å². The Morgan fingerprint density at radius 1 is 1.12 bits per heavy atom. The van der Waals surface area contributed by atoms with Crippen molar-refractivity contribution < 1.29 is 19.1 Å². The Morgan fingerprint density at radius 2 is 1.81 bits per heavy atom. The van der Waals surface area contributed by atoms with Crippen LogP contribution in [0.15, 0.2) is 24.3 Å². The Morgan fingerprint density at radius 3 is 2.47 bits per heavy atom. The molecule has 2 aliphatic heterocycles. The number of hydrogen-bond acceptors (Lipinski definition) is 5. The quantitative estimate of drug-likeness (QED) is 0.633. The summed E-state index contributed by atoms with van der Waals surface area (Å²) in [5.41, 5.74) is 0.494. The van der Waals surface area contributed by atoms with Crippen molar-refractivity contribution in [2.75, 3.05) is 33.3 Å². The molecule has 4 amide bonds. The summed E-state index contributed by atoms with van der Waals surface area (Å²) < 4.78 is 5.21. The van der Waals surface area contributed by atoms with E-state index in [4.69, 9.17) is 4.74 Å². The van der Waals surface area contributed by atoms with Gasteiger partial charge in [0.25, 0.3) is 5.91 Å². The maximum atomic E-state index is 12.8. The van der Waals surface area contributed by atoms with Crippen molar-refractivity contribution in [3.8, 4) is 5.75 Å². The van der Waals surface area contributed by atoms with Crippen molar-refractivity contribution in [1.29, 1.82) is 0 Å². The number of piperidine rings is 1. The fourth-order valence-corrected chi connectivity index (χ4v) is 5.11. The van der Waals surface area contributed by atoms with Gasteiger partial charge in [0.05, 0.1) is 7.11 Å². The number of ether oxygens (including phenoxy) is 1. The van der Waals surface area contributed by atoms with Gasteiger partial charge in [-0.2, -0.15) is 0 Å². The number of benzene rings is 1. The first-order chi connectivity index (χ1) is 15.5. The van der Waals surface area contributed by atoms with E-state index < -0.39 is 11.6 Å². The third-order valence-corrected chi connectivity index (χ3v) is 7.12. The summed E-state index contributed by atoms with van der Waals surface area (Å²) in [6.45, 7) is 3.29. The van der Waals surface area contributed by atoms with Gasteiger partial charge in [-0.05, 0) is 62.4 Å². The highest BCUT2D eigenvalue weighted by Crippen LogP contribution is 2.33. The first-order valence-corrected chi connectivity index (χ1v) is 11.8. The average Bonchev–Trinajstić information content (AvgIpc) is 3.03. The van der Waals surface area contributed by atoms with Crippen LogP contribution in [0.2, 0.25) is 0 Å². The van der Waals surface area contributed by atoms with Crippen LogP contribution in [-0.2, 0) is 16.1 Å². The lowest BCUT2D eigenvalue weighted by atomic mass is 9.82. The zero-order valence-electron chi connectivity index (χ0n) is 18.9. The molecule has 4 rings (SSSR count). The van der Waals surface area contributed by atoms with Crippen molar-refractivity contribution in [1.82, 2.24) is 20.4 Å². The molecule has 3 aliphatic rings. The van der Waals surface area contributed by atoms with Gasteiger partial charge >= 0.3 is 6.03 Å². The average molecular weight is 443 g/mol. The Bertz CT molecular complexity index is 827. The number of nitrogens with one attached hydrogen (secondary N) is 2. The van der Waals surface area contributed by atoms with E-state index in [9.17, 15) is 14.4 Å². The lowest BCUT2D eigenvalue weighted by Gasteiger charge is -2.32. The van der Waals surface area contributed by atoms with Crippen LogP contribution in [0, 0.1) is 5.92 Å². The highest BCUT2D eigenvalue weighted by molar-refractivity contribution is 6.09. The van der Waals surface area contributed by atoms with E-state index in [2.05, 4.69) is 27.7 Å². The predicted molar refractivity (Wildman–Crippen MR) is 120 cm³/mol. The number of methoxy groups -OCH3 is 1. The number of likely N-dealkylation sites (tertiary alicyclic amines) is 1. The third kappa shape index (κ3) is 5.06. The lowest BCUT2D eigenvalue weighted by molar-refractivity contribution is -0.135. The van der Waals surface area contributed by atoms with Gasteiger partial charge in [-0.25, -0.2) is 4.79 Å². The molecule has 0 aromatic heterocycles. The van der Waals surface area contributed by atoms with Crippen LogP contribution >= 0.6 is 0 Å². The Balaban J connectivity index is 1.18. The summed E-state index contributed by atoms with van der Waals surface area (Å²) in [4.78, 5) is 41.1. The SMILES string of the molecule is COc1ccc(CN2CCC(CNC(=O)CN3C(=O)NC4(CCCCC4)C3=O)CC2)cc1. The molecule has 2 N–H and O–H groups in total. The van der Waals surface area contributed by atoms with Crippen LogP contribution in [0.5, 0.6) is 5.75 Å². The van der Waals surface area contributed by atoms with E-state index in [1.54, 1.807) is 7.11 Å². The van der Waals surface area contributed by atoms with E-state index in [-0.39, 0.29) is 18.4 Å². The summed E-state index contributed by atoms with van der Waals surface area (Å²) in [5, 5.41) is 5.80. The summed E-state index contributed by atoms with van der Waals surface area (Å²) in [6.07, 6.45) is 6.33. The highest BCUT2D eigenvalue weighted by atomic mass is 16.5. The minimum Gasteiger partial charge on any atom is -0.497 e. The van der Waals surface area contributed by atoms with Crippen molar-refractivity contribution in [2.24, 2.45) is 5.92 Å². The molecule has 3 fully saturated rings. The van der Waals surface area contributed by atoms with Gasteiger partial charge in [0.2, 0.25) is 5.91 Å². The highest BCUT2D eigenvalue weighted by Gasteiger charge is 2.51. The Hall–Kier alpha value is -2.61. The topological polar surface area (TPSA) is 91.0 Å². The molecular formula is C24H34N4O4. The molecule has 1 saturated carbocycles. The second-order valence-corrected chi connectivity index (χ2v) is 9.34. The van der Waals surface area contributed by atoms with Crippen LogP contribution in [0.25, 0.3) is 0 Å². The first kappa shape index (κ1) is 22.6. The molecule has 2 saturated heterocycles. The number of carbonyl (C=O) groups excluding carboxylic acids is 3. The normalized spacial score (nSPS) is 21.6. The molecule has 0 unspecified atom stereocenters. The van der Waals surface area contributed by atoms with E-state index in [1.807, 2.05) is 12.1 Å². The molecule has 2 heterocycles. The zero-order chi connectivity index (χ0) is 22.6. The number of carbonyl (C=O) groups is 3. The number of rotatable bonds is 7. The number of imide groups is 1. The van der Waals surface area contributed by atoms with Crippen LogP contribution in [0.3, 0.4) is 0 Å². The minimum atomic E-state index is -0.772.